The molecule has 0 spiro atoms. The summed E-state index contributed by atoms with van der Waals surface area (Å²) in [7, 11) is 0. The van der Waals surface area contributed by atoms with Crippen LogP contribution in [0.4, 0.5) is 0 Å². The van der Waals surface area contributed by atoms with E-state index in [1.54, 1.807) is 0 Å². The number of likely N-dealkylation sites (N-methyl/N-ethyl adjacent to an activating group) is 1. The minimum Gasteiger partial charge on any atom is -0.350 e. The molecular formula is C13H22N4O. The summed E-state index contributed by atoms with van der Waals surface area (Å²) in [4.78, 5) is 18.3. The Hall–Kier alpha value is -1.36. The molecule has 2 heterocycles. The number of imidazole rings is 1. The first-order valence-corrected chi connectivity index (χ1v) is 6.74. The lowest BCUT2D eigenvalue weighted by atomic mass is 10.1. The van der Waals surface area contributed by atoms with Gasteiger partial charge in [0.1, 0.15) is 5.82 Å². The molecule has 0 aromatic carbocycles. The number of rotatable bonds is 5. The van der Waals surface area contributed by atoms with E-state index in [1.807, 2.05) is 12.4 Å². The van der Waals surface area contributed by atoms with Gasteiger partial charge < -0.3 is 9.88 Å². The van der Waals surface area contributed by atoms with Gasteiger partial charge in [-0.1, -0.05) is 13.8 Å². The maximum Gasteiger partial charge on any atom is 0.234 e. The highest BCUT2D eigenvalue weighted by Crippen LogP contribution is 2.12. The molecule has 1 aliphatic heterocycles. The minimum atomic E-state index is 0.132. The van der Waals surface area contributed by atoms with Crippen molar-refractivity contribution in [2.45, 2.75) is 39.3 Å². The van der Waals surface area contributed by atoms with Gasteiger partial charge in [0.05, 0.1) is 6.54 Å². The monoisotopic (exact) mass is 250 g/mol. The lowest BCUT2D eigenvalue weighted by molar-refractivity contribution is -0.123. The summed E-state index contributed by atoms with van der Waals surface area (Å²) in [6.45, 7) is 7.34. The molecule has 1 unspecified atom stereocenters. The zero-order chi connectivity index (χ0) is 13.0. The molecule has 0 fully saturated rings. The largest absolute Gasteiger partial charge is 0.350 e. The summed E-state index contributed by atoms with van der Waals surface area (Å²) in [5, 5.41) is 3.12. The van der Waals surface area contributed by atoms with Gasteiger partial charge in [-0.15, -0.1) is 0 Å². The van der Waals surface area contributed by atoms with Crippen LogP contribution in [-0.4, -0.2) is 46.0 Å². The molecule has 0 saturated heterocycles. The zero-order valence-electron chi connectivity index (χ0n) is 11.2. The second kappa shape index (κ2) is 6.00. The number of fused-ring (bicyclic) bond motifs is 1. The summed E-state index contributed by atoms with van der Waals surface area (Å²) < 4.78 is 2.13. The number of hydrogen-bond donors (Lipinski definition) is 1. The first-order chi connectivity index (χ1) is 8.72. The number of aromatic nitrogens is 2. The van der Waals surface area contributed by atoms with Crippen LogP contribution >= 0.6 is 0 Å². The predicted molar refractivity (Wildman–Crippen MR) is 70.3 cm³/mol. The van der Waals surface area contributed by atoms with E-state index >= 15 is 0 Å². The smallest absolute Gasteiger partial charge is 0.234 e. The Bertz CT molecular complexity index is 397. The van der Waals surface area contributed by atoms with E-state index in [-0.39, 0.29) is 11.9 Å². The Balaban J connectivity index is 1.82. The van der Waals surface area contributed by atoms with Crippen molar-refractivity contribution in [2.24, 2.45) is 0 Å². The third-order valence-corrected chi connectivity index (χ3v) is 3.56. The SMILES string of the molecule is CCN(CC)CC(=O)NC1CCc2nccn2C1. The van der Waals surface area contributed by atoms with Crippen LogP contribution < -0.4 is 5.32 Å². The molecule has 1 amide bonds. The summed E-state index contributed by atoms with van der Waals surface area (Å²) in [6, 6.07) is 0.245. The lowest BCUT2D eigenvalue weighted by Gasteiger charge is -2.26. The average Bonchev–Trinajstić information content (AvgIpc) is 2.83. The topological polar surface area (TPSA) is 50.2 Å². The molecule has 1 aromatic heterocycles. The fourth-order valence-corrected chi connectivity index (χ4v) is 2.41. The molecule has 0 saturated carbocycles. The van der Waals surface area contributed by atoms with E-state index in [0.717, 1.165) is 38.3 Å². The fraction of sp³-hybridized carbons (Fsp3) is 0.692. The maximum absolute atomic E-state index is 11.9. The zero-order valence-corrected chi connectivity index (χ0v) is 11.2. The van der Waals surface area contributed by atoms with Crippen LogP contribution in [0.5, 0.6) is 0 Å². The molecule has 2 rings (SSSR count). The Morgan fingerprint density at radius 3 is 3.06 bits per heavy atom. The second-order valence-electron chi connectivity index (χ2n) is 4.76. The number of carbonyl (C=O) groups is 1. The number of amides is 1. The van der Waals surface area contributed by atoms with Gasteiger partial charge >= 0.3 is 0 Å². The van der Waals surface area contributed by atoms with Crippen LogP contribution in [0.3, 0.4) is 0 Å². The Morgan fingerprint density at radius 1 is 1.56 bits per heavy atom. The maximum atomic E-state index is 11.9. The number of aryl methyl sites for hydroxylation is 1. The number of nitrogens with one attached hydrogen (secondary N) is 1. The van der Waals surface area contributed by atoms with Crippen LogP contribution in [0.1, 0.15) is 26.1 Å². The summed E-state index contributed by atoms with van der Waals surface area (Å²) in [5.41, 5.74) is 0. The number of nitrogens with zero attached hydrogens (tertiary/aromatic N) is 3. The molecule has 1 aromatic rings. The quantitative estimate of drug-likeness (QED) is 0.835. The Labute approximate surface area is 108 Å². The summed E-state index contributed by atoms with van der Waals surface area (Å²) >= 11 is 0. The third kappa shape index (κ3) is 3.10. The lowest BCUT2D eigenvalue weighted by Crippen LogP contribution is -2.45. The third-order valence-electron chi connectivity index (χ3n) is 3.56. The van der Waals surface area contributed by atoms with Gasteiger partial charge in [0.25, 0.3) is 0 Å². The van der Waals surface area contributed by atoms with Crippen molar-refractivity contribution in [1.82, 2.24) is 19.8 Å². The molecule has 1 atom stereocenters. The van der Waals surface area contributed by atoms with Crippen LogP contribution in [0.15, 0.2) is 12.4 Å². The molecule has 1 aliphatic rings. The van der Waals surface area contributed by atoms with E-state index in [4.69, 9.17) is 0 Å². The molecule has 1 N–H and O–H groups in total. The van der Waals surface area contributed by atoms with Crippen LogP contribution in [0, 0.1) is 0 Å². The van der Waals surface area contributed by atoms with E-state index in [0.29, 0.717) is 6.54 Å². The predicted octanol–water partition coefficient (Wildman–Crippen LogP) is 0.656. The summed E-state index contributed by atoms with van der Waals surface area (Å²) in [6.07, 6.45) is 5.75. The molecule has 100 valence electrons. The van der Waals surface area contributed by atoms with Crippen LogP contribution in [-0.2, 0) is 17.8 Å². The highest BCUT2D eigenvalue weighted by molar-refractivity contribution is 5.78. The van der Waals surface area contributed by atoms with E-state index in [9.17, 15) is 4.79 Å². The average molecular weight is 250 g/mol. The number of carbonyl (C=O) groups excluding carboxylic acids is 1. The van der Waals surface area contributed by atoms with Crippen molar-refractivity contribution < 1.29 is 4.79 Å². The van der Waals surface area contributed by atoms with E-state index in [2.05, 4.69) is 33.6 Å². The van der Waals surface area contributed by atoms with E-state index < -0.39 is 0 Å². The van der Waals surface area contributed by atoms with Crippen molar-refractivity contribution in [2.75, 3.05) is 19.6 Å². The minimum absolute atomic E-state index is 0.132. The fourth-order valence-electron chi connectivity index (χ4n) is 2.41. The molecule has 5 nitrogen and oxygen atoms in total. The molecule has 5 heteroatoms. The Morgan fingerprint density at radius 2 is 2.33 bits per heavy atom. The van der Waals surface area contributed by atoms with Crippen LogP contribution in [0.2, 0.25) is 0 Å². The molecular weight excluding hydrogens is 228 g/mol. The second-order valence-corrected chi connectivity index (χ2v) is 4.76. The van der Waals surface area contributed by atoms with Crippen molar-refractivity contribution in [3.05, 3.63) is 18.2 Å². The standard InChI is InChI=1S/C13H22N4O/c1-3-16(4-2)10-13(18)15-11-5-6-12-14-7-8-17(12)9-11/h7-8,11H,3-6,9-10H2,1-2H3,(H,15,18). The first-order valence-electron chi connectivity index (χ1n) is 6.74. The van der Waals surface area contributed by atoms with Crippen molar-refractivity contribution in [3.63, 3.8) is 0 Å². The molecule has 0 bridgehead atoms. The van der Waals surface area contributed by atoms with E-state index in [1.165, 1.54) is 0 Å². The summed E-state index contributed by atoms with van der Waals surface area (Å²) in [5.74, 6) is 1.26. The van der Waals surface area contributed by atoms with Crippen molar-refractivity contribution in [1.29, 1.82) is 0 Å². The normalized spacial score (nSPS) is 18.7. The highest BCUT2D eigenvalue weighted by atomic mass is 16.2. The van der Waals surface area contributed by atoms with Gasteiger partial charge in [-0.3, -0.25) is 9.69 Å². The molecule has 0 aliphatic carbocycles. The highest BCUT2D eigenvalue weighted by Gasteiger charge is 2.20. The number of hydrogen-bond acceptors (Lipinski definition) is 3. The van der Waals surface area contributed by atoms with Gasteiger partial charge in [-0.25, -0.2) is 4.98 Å². The first kappa shape index (κ1) is 13.1. The molecule has 18 heavy (non-hydrogen) atoms. The van der Waals surface area contributed by atoms with Crippen molar-refractivity contribution in [3.8, 4) is 0 Å². The Kier molecular flexibility index (Phi) is 4.36. The van der Waals surface area contributed by atoms with Crippen LogP contribution in [0.25, 0.3) is 0 Å². The van der Waals surface area contributed by atoms with Gasteiger partial charge in [0.2, 0.25) is 5.91 Å². The molecule has 0 radical (unpaired) electrons. The van der Waals surface area contributed by atoms with Gasteiger partial charge in [0.15, 0.2) is 0 Å². The van der Waals surface area contributed by atoms with Gasteiger partial charge in [-0.05, 0) is 19.5 Å². The van der Waals surface area contributed by atoms with Crippen molar-refractivity contribution >= 4 is 5.91 Å². The van der Waals surface area contributed by atoms with Gasteiger partial charge in [0, 0.05) is 31.4 Å². The van der Waals surface area contributed by atoms with Gasteiger partial charge in [-0.2, -0.15) is 0 Å².